The summed E-state index contributed by atoms with van der Waals surface area (Å²) >= 11 is 0. The van der Waals surface area contributed by atoms with Crippen molar-refractivity contribution in [2.24, 2.45) is 0 Å². The Morgan fingerprint density at radius 3 is 2.91 bits per heavy atom. The molecule has 2 rings (SSSR count). The van der Waals surface area contributed by atoms with Crippen LogP contribution in [0.5, 0.6) is 0 Å². The molecule has 120 valence electrons. The minimum absolute atomic E-state index is 0.100. The van der Waals surface area contributed by atoms with Crippen LogP contribution in [0.15, 0.2) is 36.9 Å². The van der Waals surface area contributed by atoms with E-state index in [1.165, 1.54) is 11.0 Å². The second kappa shape index (κ2) is 6.92. The van der Waals surface area contributed by atoms with Crippen LogP contribution in [0.3, 0.4) is 0 Å². The zero-order chi connectivity index (χ0) is 16.3. The van der Waals surface area contributed by atoms with Crippen molar-refractivity contribution < 1.29 is 14.3 Å². The summed E-state index contributed by atoms with van der Waals surface area (Å²) in [5.41, 5.74) is 0.939. The molecule has 1 fully saturated rings. The summed E-state index contributed by atoms with van der Waals surface area (Å²) < 4.78 is 13.5. The topological polar surface area (TPSA) is 43.8 Å². The van der Waals surface area contributed by atoms with E-state index in [9.17, 15) is 14.3 Å². The van der Waals surface area contributed by atoms with Gasteiger partial charge in [-0.15, -0.1) is 6.58 Å². The third-order valence-corrected chi connectivity index (χ3v) is 4.61. The third-order valence-electron chi connectivity index (χ3n) is 4.61. The highest BCUT2D eigenvalue weighted by molar-refractivity contribution is 5.65. The van der Waals surface area contributed by atoms with Gasteiger partial charge in [-0.1, -0.05) is 18.2 Å². The van der Waals surface area contributed by atoms with Gasteiger partial charge in [-0.25, -0.2) is 9.18 Å². The van der Waals surface area contributed by atoms with Crippen LogP contribution >= 0.6 is 0 Å². The van der Waals surface area contributed by atoms with Crippen molar-refractivity contribution in [3.05, 3.63) is 48.3 Å². The van der Waals surface area contributed by atoms with Crippen molar-refractivity contribution in [3.8, 4) is 0 Å². The molecule has 5 heteroatoms. The van der Waals surface area contributed by atoms with E-state index in [0.29, 0.717) is 6.54 Å². The Kier molecular flexibility index (Phi) is 5.19. The van der Waals surface area contributed by atoms with Gasteiger partial charge in [0.2, 0.25) is 0 Å². The van der Waals surface area contributed by atoms with Crippen LogP contribution in [0.4, 0.5) is 9.18 Å². The lowest BCUT2D eigenvalue weighted by Gasteiger charge is -2.36. The molecule has 22 heavy (non-hydrogen) atoms. The Morgan fingerprint density at radius 2 is 2.32 bits per heavy atom. The summed E-state index contributed by atoms with van der Waals surface area (Å²) in [5, 5.41) is 9.19. The van der Waals surface area contributed by atoms with Gasteiger partial charge in [-0.3, -0.25) is 4.90 Å². The van der Waals surface area contributed by atoms with Crippen LogP contribution in [0.1, 0.15) is 31.4 Å². The predicted molar refractivity (Wildman–Crippen MR) is 84.3 cm³/mol. The second-order valence-corrected chi connectivity index (χ2v) is 5.84. The SMILES string of the molecule is C=CCN1[C@@H](C(C)N(C)C(=O)O)CC[C@H]1c1cccc(F)c1. The zero-order valence-electron chi connectivity index (χ0n) is 13.1. The lowest BCUT2D eigenvalue weighted by molar-refractivity contribution is 0.100. The van der Waals surface area contributed by atoms with Gasteiger partial charge < -0.3 is 10.0 Å². The van der Waals surface area contributed by atoms with Gasteiger partial charge in [0.05, 0.1) is 0 Å². The molecule has 0 aliphatic carbocycles. The third kappa shape index (κ3) is 3.30. The maximum absolute atomic E-state index is 13.5. The molecule has 3 atom stereocenters. The maximum Gasteiger partial charge on any atom is 0.407 e. The van der Waals surface area contributed by atoms with Crippen molar-refractivity contribution in [1.82, 2.24) is 9.80 Å². The number of halogens is 1. The molecule has 1 aromatic rings. The van der Waals surface area contributed by atoms with E-state index in [1.807, 2.05) is 19.1 Å². The van der Waals surface area contributed by atoms with Crippen LogP contribution in [0, 0.1) is 5.82 Å². The Bertz CT molecular complexity index is 549. The molecule has 1 amide bonds. The molecular formula is C17H23FN2O2. The first-order valence-corrected chi connectivity index (χ1v) is 7.53. The number of hydrogen-bond acceptors (Lipinski definition) is 2. The Balaban J connectivity index is 2.24. The molecule has 1 heterocycles. The van der Waals surface area contributed by atoms with Gasteiger partial charge in [0.1, 0.15) is 5.82 Å². The maximum atomic E-state index is 13.5. The molecule has 0 radical (unpaired) electrons. The summed E-state index contributed by atoms with van der Waals surface area (Å²) in [5.74, 6) is -0.241. The fourth-order valence-electron chi connectivity index (χ4n) is 3.33. The van der Waals surface area contributed by atoms with Gasteiger partial charge in [-0.05, 0) is 37.5 Å². The number of benzene rings is 1. The van der Waals surface area contributed by atoms with Crippen molar-refractivity contribution in [2.75, 3.05) is 13.6 Å². The van der Waals surface area contributed by atoms with Crippen LogP contribution < -0.4 is 0 Å². The second-order valence-electron chi connectivity index (χ2n) is 5.84. The molecule has 0 aromatic heterocycles. The van der Waals surface area contributed by atoms with Crippen LogP contribution in [0.25, 0.3) is 0 Å². The number of carboxylic acid groups (broad SMARTS) is 1. The lowest BCUT2D eigenvalue weighted by atomic mass is 10.0. The predicted octanol–water partition coefficient (Wildman–Crippen LogP) is 3.52. The summed E-state index contributed by atoms with van der Waals surface area (Å²) in [6.07, 6.45) is 2.66. The van der Waals surface area contributed by atoms with E-state index in [4.69, 9.17) is 0 Å². The Labute approximate surface area is 130 Å². The van der Waals surface area contributed by atoms with E-state index in [2.05, 4.69) is 11.5 Å². The first-order valence-electron chi connectivity index (χ1n) is 7.53. The van der Waals surface area contributed by atoms with Gasteiger partial charge in [0.15, 0.2) is 0 Å². The number of rotatable bonds is 5. The smallest absolute Gasteiger partial charge is 0.407 e. The molecule has 1 saturated heterocycles. The summed E-state index contributed by atoms with van der Waals surface area (Å²) in [7, 11) is 1.59. The molecule has 1 aliphatic heterocycles. The standard InChI is InChI=1S/C17H23FN2O2/c1-4-10-20-15(12(2)19(3)17(21)22)8-9-16(20)13-6-5-7-14(18)11-13/h4-7,11-12,15-16H,1,8-10H2,2-3H3,(H,21,22)/t12?,15-,16+/m1/s1. The zero-order valence-corrected chi connectivity index (χ0v) is 13.1. The van der Waals surface area contributed by atoms with Gasteiger partial charge >= 0.3 is 6.09 Å². The lowest BCUT2D eigenvalue weighted by Crippen LogP contribution is -2.48. The molecule has 4 nitrogen and oxygen atoms in total. The van der Waals surface area contributed by atoms with Gasteiger partial charge in [0.25, 0.3) is 0 Å². The number of carbonyl (C=O) groups is 1. The fraction of sp³-hybridized carbons (Fsp3) is 0.471. The molecule has 1 unspecified atom stereocenters. The number of likely N-dealkylation sites (N-methyl/N-ethyl adjacent to an activating group) is 1. The number of amides is 1. The average Bonchev–Trinajstić information content (AvgIpc) is 2.89. The molecule has 1 aliphatic rings. The van der Waals surface area contributed by atoms with Crippen LogP contribution in [0.2, 0.25) is 0 Å². The van der Waals surface area contributed by atoms with Gasteiger partial charge in [-0.2, -0.15) is 0 Å². The first-order chi connectivity index (χ1) is 10.5. The van der Waals surface area contributed by atoms with E-state index in [1.54, 1.807) is 19.2 Å². The summed E-state index contributed by atoms with van der Waals surface area (Å²) in [4.78, 5) is 14.8. The Morgan fingerprint density at radius 1 is 1.59 bits per heavy atom. The molecule has 0 bridgehead atoms. The molecule has 0 saturated carbocycles. The summed E-state index contributed by atoms with van der Waals surface area (Å²) in [6.45, 7) is 6.37. The normalized spacial score (nSPS) is 23.2. The van der Waals surface area contributed by atoms with Crippen LogP contribution in [-0.4, -0.2) is 46.7 Å². The minimum atomic E-state index is -0.930. The molecule has 0 spiro atoms. The Hall–Kier alpha value is -1.88. The highest BCUT2D eigenvalue weighted by Gasteiger charge is 2.38. The monoisotopic (exact) mass is 306 g/mol. The van der Waals surface area contributed by atoms with Gasteiger partial charge in [0, 0.05) is 31.7 Å². The number of nitrogens with zero attached hydrogens (tertiary/aromatic N) is 2. The van der Waals surface area contributed by atoms with E-state index in [-0.39, 0.29) is 23.9 Å². The largest absolute Gasteiger partial charge is 0.465 e. The van der Waals surface area contributed by atoms with Crippen molar-refractivity contribution in [3.63, 3.8) is 0 Å². The van der Waals surface area contributed by atoms with E-state index in [0.717, 1.165) is 18.4 Å². The number of hydrogen-bond donors (Lipinski definition) is 1. The minimum Gasteiger partial charge on any atom is -0.465 e. The fourth-order valence-corrected chi connectivity index (χ4v) is 3.33. The van der Waals surface area contributed by atoms with Crippen LogP contribution in [-0.2, 0) is 0 Å². The molecule has 1 N–H and O–H groups in total. The summed E-state index contributed by atoms with van der Waals surface area (Å²) in [6, 6.07) is 6.73. The van der Waals surface area contributed by atoms with Crippen molar-refractivity contribution in [2.45, 2.75) is 37.9 Å². The van der Waals surface area contributed by atoms with E-state index >= 15 is 0 Å². The first kappa shape index (κ1) is 16.5. The molecule has 1 aromatic carbocycles. The molecular weight excluding hydrogens is 283 g/mol. The van der Waals surface area contributed by atoms with E-state index < -0.39 is 6.09 Å². The highest BCUT2D eigenvalue weighted by Crippen LogP contribution is 2.38. The highest BCUT2D eigenvalue weighted by atomic mass is 19.1. The van der Waals surface area contributed by atoms with Crippen molar-refractivity contribution >= 4 is 6.09 Å². The number of likely N-dealkylation sites (tertiary alicyclic amines) is 1. The average molecular weight is 306 g/mol. The quantitative estimate of drug-likeness (QED) is 0.847. The van der Waals surface area contributed by atoms with Crippen molar-refractivity contribution in [1.29, 1.82) is 0 Å².